The minimum Gasteiger partial charge on any atom is -0.371 e. The molecule has 4 heteroatoms. The second-order valence-corrected chi connectivity index (χ2v) is 5.98. The molecule has 2 aliphatic heterocycles. The lowest BCUT2D eigenvalue weighted by atomic mass is 9.95. The van der Waals surface area contributed by atoms with E-state index in [1.165, 1.54) is 24.9 Å². The van der Waals surface area contributed by atoms with Crippen molar-refractivity contribution in [1.29, 1.82) is 0 Å². The SMILES string of the molecule is CCC1CCCN(c2ccc3c(c2)N(C)C(=O)C3N)C1. The van der Waals surface area contributed by atoms with E-state index in [2.05, 4.69) is 24.0 Å². The predicted octanol–water partition coefficient (Wildman–Crippen LogP) is 2.29. The number of fused-ring (bicyclic) bond motifs is 1. The monoisotopic (exact) mass is 273 g/mol. The third-order valence-electron chi connectivity index (χ3n) is 4.77. The number of anilines is 2. The van der Waals surface area contributed by atoms with Gasteiger partial charge in [0.15, 0.2) is 0 Å². The molecule has 0 saturated carbocycles. The lowest BCUT2D eigenvalue weighted by Crippen LogP contribution is -2.35. The zero-order valence-electron chi connectivity index (χ0n) is 12.3. The third kappa shape index (κ3) is 2.08. The van der Waals surface area contributed by atoms with Gasteiger partial charge >= 0.3 is 0 Å². The summed E-state index contributed by atoms with van der Waals surface area (Å²) >= 11 is 0. The number of nitrogens with zero attached hydrogens (tertiary/aromatic N) is 2. The number of likely N-dealkylation sites (N-methyl/N-ethyl adjacent to an activating group) is 1. The number of amides is 1. The fraction of sp³-hybridized carbons (Fsp3) is 0.562. The van der Waals surface area contributed by atoms with Crippen molar-refractivity contribution in [2.75, 3.05) is 29.9 Å². The second kappa shape index (κ2) is 5.09. The van der Waals surface area contributed by atoms with E-state index in [-0.39, 0.29) is 5.91 Å². The van der Waals surface area contributed by atoms with Crippen molar-refractivity contribution >= 4 is 17.3 Å². The Morgan fingerprint density at radius 3 is 2.95 bits per heavy atom. The standard InChI is InChI=1S/C16H23N3O/c1-3-11-5-4-8-19(10-11)12-6-7-13-14(9-12)18(2)16(20)15(13)17/h6-7,9,11,15H,3-5,8,10,17H2,1-2H3. The summed E-state index contributed by atoms with van der Waals surface area (Å²) in [5, 5.41) is 0. The lowest BCUT2D eigenvalue weighted by molar-refractivity contribution is -0.118. The van der Waals surface area contributed by atoms with E-state index >= 15 is 0 Å². The van der Waals surface area contributed by atoms with Crippen molar-refractivity contribution in [2.24, 2.45) is 11.7 Å². The highest BCUT2D eigenvalue weighted by molar-refractivity contribution is 6.04. The Morgan fingerprint density at radius 1 is 1.40 bits per heavy atom. The summed E-state index contributed by atoms with van der Waals surface area (Å²) < 4.78 is 0. The molecule has 0 spiro atoms. The molecule has 2 atom stereocenters. The van der Waals surface area contributed by atoms with Crippen LogP contribution in [0.25, 0.3) is 0 Å². The molecule has 4 nitrogen and oxygen atoms in total. The Kier molecular flexibility index (Phi) is 3.42. The highest BCUT2D eigenvalue weighted by Crippen LogP contribution is 2.37. The van der Waals surface area contributed by atoms with Crippen molar-refractivity contribution in [3.63, 3.8) is 0 Å². The van der Waals surface area contributed by atoms with Gasteiger partial charge in [0.2, 0.25) is 5.91 Å². The molecule has 1 fully saturated rings. The number of hydrogen-bond donors (Lipinski definition) is 1. The maximum Gasteiger partial charge on any atom is 0.248 e. The molecule has 2 N–H and O–H groups in total. The van der Waals surface area contributed by atoms with Crippen LogP contribution in [0.3, 0.4) is 0 Å². The maximum absolute atomic E-state index is 11.9. The van der Waals surface area contributed by atoms with Crippen LogP contribution in [0.15, 0.2) is 18.2 Å². The summed E-state index contributed by atoms with van der Waals surface area (Å²) in [6.45, 7) is 4.50. The summed E-state index contributed by atoms with van der Waals surface area (Å²) in [6, 6.07) is 5.77. The van der Waals surface area contributed by atoms with Crippen LogP contribution >= 0.6 is 0 Å². The first-order chi connectivity index (χ1) is 9.61. The van der Waals surface area contributed by atoms with Crippen molar-refractivity contribution in [1.82, 2.24) is 0 Å². The molecular formula is C16H23N3O. The number of piperidine rings is 1. The average Bonchev–Trinajstić information content (AvgIpc) is 2.72. The number of hydrogen-bond acceptors (Lipinski definition) is 3. The van der Waals surface area contributed by atoms with Crippen LogP contribution in [0.1, 0.15) is 37.8 Å². The fourth-order valence-electron chi connectivity index (χ4n) is 3.38. The minimum absolute atomic E-state index is 0.0118. The smallest absolute Gasteiger partial charge is 0.248 e. The summed E-state index contributed by atoms with van der Waals surface area (Å²) in [4.78, 5) is 16.1. The van der Waals surface area contributed by atoms with Gasteiger partial charge < -0.3 is 15.5 Å². The number of rotatable bonds is 2. The van der Waals surface area contributed by atoms with Gasteiger partial charge in [-0.1, -0.05) is 19.4 Å². The van der Waals surface area contributed by atoms with Crippen molar-refractivity contribution in [3.05, 3.63) is 23.8 Å². The highest BCUT2D eigenvalue weighted by atomic mass is 16.2. The third-order valence-corrected chi connectivity index (χ3v) is 4.77. The van der Waals surface area contributed by atoms with Crippen LogP contribution in [0, 0.1) is 5.92 Å². The van der Waals surface area contributed by atoms with E-state index in [0.29, 0.717) is 0 Å². The molecule has 1 saturated heterocycles. The number of nitrogens with two attached hydrogens (primary N) is 1. The molecule has 0 aromatic heterocycles. The molecule has 108 valence electrons. The summed E-state index contributed by atoms with van der Waals surface area (Å²) in [6.07, 6.45) is 3.83. The van der Waals surface area contributed by atoms with Crippen LogP contribution in [-0.4, -0.2) is 26.0 Å². The van der Waals surface area contributed by atoms with Crippen LogP contribution in [0.5, 0.6) is 0 Å². The first-order valence-corrected chi connectivity index (χ1v) is 7.54. The number of benzene rings is 1. The second-order valence-electron chi connectivity index (χ2n) is 5.98. The number of carbonyl (C=O) groups excluding carboxylic acids is 1. The predicted molar refractivity (Wildman–Crippen MR) is 82.0 cm³/mol. The molecule has 20 heavy (non-hydrogen) atoms. The number of carbonyl (C=O) groups is 1. The molecule has 0 aliphatic carbocycles. The Morgan fingerprint density at radius 2 is 2.20 bits per heavy atom. The highest BCUT2D eigenvalue weighted by Gasteiger charge is 2.33. The maximum atomic E-state index is 11.9. The van der Waals surface area contributed by atoms with Gasteiger partial charge in [0.05, 0.1) is 5.69 Å². The van der Waals surface area contributed by atoms with Crippen LogP contribution in [0.4, 0.5) is 11.4 Å². The largest absolute Gasteiger partial charge is 0.371 e. The summed E-state index contributed by atoms with van der Waals surface area (Å²) in [5.41, 5.74) is 9.09. The van der Waals surface area contributed by atoms with E-state index in [4.69, 9.17) is 5.73 Å². The van der Waals surface area contributed by atoms with E-state index < -0.39 is 6.04 Å². The van der Waals surface area contributed by atoms with Crippen LogP contribution < -0.4 is 15.5 Å². The van der Waals surface area contributed by atoms with Crippen LogP contribution in [-0.2, 0) is 4.79 Å². The van der Waals surface area contributed by atoms with E-state index in [0.717, 1.165) is 30.3 Å². The van der Waals surface area contributed by atoms with Crippen molar-refractivity contribution in [3.8, 4) is 0 Å². The fourth-order valence-corrected chi connectivity index (χ4v) is 3.38. The topological polar surface area (TPSA) is 49.6 Å². The zero-order chi connectivity index (χ0) is 14.3. The van der Waals surface area contributed by atoms with Crippen molar-refractivity contribution < 1.29 is 4.79 Å². The Bertz CT molecular complexity index is 528. The van der Waals surface area contributed by atoms with E-state index in [9.17, 15) is 4.79 Å². The minimum atomic E-state index is -0.492. The summed E-state index contributed by atoms with van der Waals surface area (Å²) in [5.74, 6) is 0.779. The Hall–Kier alpha value is -1.55. The normalized spacial score (nSPS) is 26.1. The van der Waals surface area contributed by atoms with Gasteiger partial charge in [-0.15, -0.1) is 0 Å². The molecule has 1 amide bonds. The van der Waals surface area contributed by atoms with E-state index in [1.54, 1.807) is 4.90 Å². The molecule has 2 aliphatic rings. The lowest BCUT2D eigenvalue weighted by Gasteiger charge is -2.34. The van der Waals surface area contributed by atoms with Gasteiger partial charge in [0.1, 0.15) is 6.04 Å². The molecular weight excluding hydrogens is 250 g/mol. The first-order valence-electron chi connectivity index (χ1n) is 7.54. The molecule has 1 aromatic rings. The zero-order valence-corrected chi connectivity index (χ0v) is 12.3. The summed E-state index contributed by atoms with van der Waals surface area (Å²) in [7, 11) is 1.81. The molecule has 0 radical (unpaired) electrons. The average molecular weight is 273 g/mol. The first kappa shape index (κ1) is 13.4. The Labute approximate surface area is 120 Å². The van der Waals surface area contributed by atoms with Crippen molar-refractivity contribution in [2.45, 2.75) is 32.2 Å². The van der Waals surface area contributed by atoms with Gasteiger partial charge in [-0.25, -0.2) is 0 Å². The van der Waals surface area contributed by atoms with E-state index in [1.807, 2.05) is 13.1 Å². The van der Waals surface area contributed by atoms with Gasteiger partial charge in [0, 0.05) is 31.4 Å². The van der Waals surface area contributed by atoms with Gasteiger partial charge in [0.25, 0.3) is 0 Å². The van der Waals surface area contributed by atoms with Gasteiger partial charge in [-0.2, -0.15) is 0 Å². The molecule has 1 aromatic carbocycles. The quantitative estimate of drug-likeness (QED) is 0.899. The molecule has 0 bridgehead atoms. The molecule has 3 rings (SSSR count). The Balaban J connectivity index is 1.88. The molecule has 2 unspecified atom stereocenters. The van der Waals surface area contributed by atoms with Crippen LogP contribution in [0.2, 0.25) is 0 Å². The van der Waals surface area contributed by atoms with Gasteiger partial charge in [-0.3, -0.25) is 4.79 Å². The molecule has 2 heterocycles. The van der Waals surface area contributed by atoms with Gasteiger partial charge in [-0.05, 0) is 30.9 Å².